The minimum atomic E-state index is -0.854. The molecule has 0 spiro atoms. The van der Waals surface area contributed by atoms with E-state index in [9.17, 15) is 9.59 Å². The molecule has 1 aromatic heterocycles. The lowest BCUT2D eigenvalue weighted by Gasteiger charge is -2.19. The number of carbonyl (C=O) groups excluding carboxylic acids is 2. The second-order valence-electron chi connectivity index (χ2n) is 7.86. The third kappa shape index (κ3) is 5.84. The number of hydrogen-bond acceptors (Lipinski definition) is 6. The van der Waals surface area contributed by atoms with E-state index in [4.69, 9.17) is 14.0 Å². The molecule has 0 saturated heterocycles. The van der Waals surface area contributed by atoms with Crippen molar-refractivity contribution in [1.29, 1.82) is 0 Å². The average molecular weight is 415 g/mol. The lowest BCUT2D eigenvalue weighted by molar-refractivity contribution is -0.129. The Bertz CT molecular complexity index is 849. The summed E-state index contributed by atoms with van der Waals surface area (Å²) in [4.78, 5) is 24.9. The van der Waals surface area contributed by atoms with Crippen LogP contribution in [0.4, 0.5) is 0 Å². The number of carbonyl (C=O) groups is 2. The maximum atomic E-state index is 12.5. The van der Waals surface area contributed by atoms with Gasteiger partial charge in [0.1, 0.15) is 18.1 Å². The second-order valence-corrected chi connectivity index (χ2v) is 7.86. The molecule has 0 aliphatic heterocycles. The quantitative estimate of drug-likeness (QED) is 0.538. The van der Waals surface area contributed by atoms with Crippen LogP contribution in [0.3, 0.4) is 0 Å². The molecule has 3 rings (SSSR count). The van der Waals surface area contributed by atoms with E-state index in [1.54, 1.807) is 31.2 Å². The van der Waals surface area contributed by atoms with Gasteiger partial charge in [0, 0.05) is 6.04 Å². The first-order valence-corrected chi connectivity index (χ1v) is 10.6. The molecule has 1 atom stereocenters. The van der Waals surface area contributed by atoms with Crippen LogP contribution < -0.4 is 10.1 Å². The fraction of sp³-hybridized carbons (Fsp3) is 0.522. The Labute approximate surface area is 177 Å². The lowest BCUT2D eigenvalue weighted by atomic mass is 10.1. The molecule has 1 aromatic carbocycles. The number of nitrogens with one attached hydrogen (secondary N) is 1. The molecule has 1 saturated carbocycles. The first-order valence-electron chi connectivity index (χ1n) is 10.6. The smallest absolute Gasteiger partial charge is 0.339 e. The van der Waals surface area contributed by atoms with Crippen molar-refractivity contribution in [2.45, 2.75) is 78.0 Å². The van der Waals surface area contributed by atoms with Gasteiger partial charge >= 0.3 is 5.97 Å². The summed E-state index contributed by atoms with van der Waals surface area (Å²) in [6, 6.07) is 6.90. The van der Waals surface area contributed by atoms with E-state index < -0.39 is 12.1 Å². The van der Waals surface area contributed by atoms with Gasteiger partial charge in [-0.25, -0.2) is 4.79 Å². The molecule has 1 fully saturated rings. The SMILES string of the molecule is Cc1noc(C)c1COc1cccc(C(=O)O[C@H](C)C(=O)NC2CCCCCC2)c1. The molecule has 7 nitrogen and oxygen atoms in total. The van der Waals surface area contributed by atoms with Crippen LogP contribution in [0, 0.1) is 13.8 Å². The van der Waals surface area contributed by atoms with Crippen molar-refractivity contribution in [2.75, 3.05) is 0 Å². The summed E-state index contributed by atoms with van der Waals surface area (Å²) in [6.45, 7) is 5.57. The highest BCUT2D eigenvalue weighted by molar-refractivity contribution is 5.92. The average Bonchev–Trinajstić information content (AvgIpc) is 2.91. The van der Waals surface area contributed by atoms with Gasteiger partial charge in [0.25, 0.3) is 5.91 Å². The van der Waals surface area contributed by atoms with Crippen molar-refractivity contribution in [1.82, 2.24) is 10.5 Å². The van der Waals surface area contributed by atoms with Crippen molar-refractivity contribution in [3.05, 3.63) is 46.8 Å². The number of hydrogen-bond donors (Lipinski definition) is 1. The Morgan fingerprint density at radius 1 is 1.20 bits per heavy atom. The predicted octanol–water partition coefficient (Wildman–Crippen LogP) is 4.25. The van der Waals surface area contributed by atoms with Crippen LogP contribution in [-0.4, -0.2) is 29.2 Å². The minimum absolute atomic E-state index is 0.169. The summed E-state index contributed by atoms with van der Waals surface area (Å²) in [6.07, 6.45) is 5.79. The molecule has 1 amide bonds. The monoisotopic (exact) mass is 414 g/mol. The van der Waals surface area contributed by atoms with Crippen LogP contribution in [0.1, 0.15) is 72.8 Å². The fourth-order valence-electron chi connectivity index (χ4n) is 3.60. The zero-order valence-corrected chi connectivity index (χ0v) is 17.9. The number of ether oxygens (including phenoxy) is 2. The Hall–Kier alpha value is -2.83. The molecule has 162 valence electrons. The van der Waals surface area contributed by atoms with Crippen LogP contribution >= 0.6 is 0 Å². The van der Waals surface area contributed by atoms with Crippen LogP contribution in [0.15, 0.2) is 28.8 Å². The Balaban J connectivity index is 1.54. The summed E-state index contributed by atoms with van der Waals surface area (Å²) in [5, 5.41) is 6.92. The van der Waals surface area contributed by atoms with Crippen LogP contribution in [-0.2, 0) is 16.1 Å². The van der Waals surface area contributed by atoms with Crippen molar-refractivity contribution in [2.24, 2.45) is 0 Å². The van der Waals surface area contributed by atoms with E-state index in [0.29, 0.717) is 23.7 Å². The van der Waals surface area contributed by atoms with E-state index >= 15 is 0 Å². The molecular formula is C23H30N2O5. The maximum Gasteiger partial charge on any atom is 0.339 e. The maximum absolute atomic E-state index is 12.5. The number of nitrogens with zero attached hydrogens (tertiary/aromatic N) is 1. The summed E-state index contributed by atoms with van der Waals surface area (Å²) < 4.78 is 16.3. The van der Waals surface area contributed by atoms with Crippen LogP contribution in [0.5, 0.6) is 5.75 Å². The first kappa shape index (κ1) is 21.9. The third-order valence-electron chi connectivity index (χ3n) is 5.49. The highest BCUT2D eigenvalue weighted by atomic mass is 16.5. The predicted molar refractivity (Wildman–Crippen MR) is 111 cm³/mol. The summed E-state index contributed by atoms with van der Waals surface area (Å²) in [5.41, 5.74) is 1.99. The van der Waals surface area contributed by atoms with Crippen molar-refractivity contribution in [3.8, 4) is 5.75 Å². The van der Waals surface area contributed by atoms with Crippen molar-refractivity contribution < 1.29 is 23.6 Å². The van der Waals surface area contributed by atoms with Gasteiger partial charge in [0.2, 0.25) is 0 Å². The summed E-state index contributed by atoms with van der Waals surface area (Å²) in [5.74, 6) is 0.430. The van der Waals surface area contributed by atoms with Crippen molar-refractivity contribution >= 4 is 11.9 Å². The lowest BCUT2D eigenvalue weighted by Crippen LogP contribution is -2.41. The highest BCUT2D eigenvalue weighted by Crippen LogP contribution is 2.20. The minimum Gasteiger partial charge on any atom is -0.489 e. The van der Waals surface area contributed by atoms with Crippen molar-refractivity contribution in [3.63, 3.8) is 0 Å². The fourth-order valence-corrected chi connectivity index (χ4v) is 3.60. The van der Waals surface area contributed by atoms with E-state index in [0.717, 1.165) is 36.9 Å². The van der Waals surface area contributed by atoms with Gasteiger partial charge in [-0.15, -0.1) is 0 Å². The summed E-state index contributed by atoms with van der Waals surface area (Å²) in [7, 11) is 0. The van der Waals surface area contributed by atoms with Crippen LogP contribution in [0.2, 0.25) is 0 Å². The molecular weight excluding hydrogens is 384 g/mol. The van der Waals surface area contributed by atoms with Gasteiger partial charge in [0.15, 0.2) is 6.10 Å². The highest BCUT2D eigenvalue weighted by Gasteiger charge is 2.22. The number of aryl methyl sites for hydroxylation is 2. The molecule has 1 heterocycles. The number of rotatable bonds is 7. The molecule has 2 aromatic rings. The van der Waals surface area contributed by atoms with Crippen LogP contribution in [0.25, 0.3) is 0 Å². The normalized spacial score (nSPS) is 15.8. The largest absolute Gasteiger partial charge is 0.489 e. The second kappa shape index (κ2) is 10.3. The standard InChI is InChI=1S/C23H30N2O5/c1-15-21(16(2)30-25-15)14-28-20-12-8-9-18(13-20)23(27)29-17(3)22(26)24-19-10-6-4-5-7-11-19/h8-9,12-13,17,19H,4-7,10-11,14H2,1-3H3,(H,24,26)/t17-/m1/s1. The van der Waals surface area contributed by atoms with E-state index in [-0.39, 0.29) is 11.9 Å². The third-order valence-corrected chi connectivity index (χ3v) is 5.49. The van der Waals surface area contributed by atoms with E-state index in [1.165, 1.54) is 12.8 Å². The Kier molecular flexibility index (Phi) is 7.49. The number of benzene rings is 1. The molecule has 1 N–H and O–H groups in total. The molecule has 0 bridgehead atoms. The number of esters is 1. The van der Waals surface area contributed by atoms with E-state index in [1.807, 2.05) is 13.8 Å². The van der Waals surface area contributed by atoms with Gasteiger partial charge in [-0.2, -0.15) is 0 Å². The molecule has 30 heavy (non-hydrogen) atoms. The van der Waals surface area contributed by atoms with Gasteiger partial charge in [0.05, 0.1) is 16.8 Å². The Morgan fingerprint density at radius 3 is 2.60 bits per heavy atom. The first-order chi connectivity index (χ1) is 14.4. The van der Waals surface area contributed by atoms with Gasteiger partial charge in [-0.3, -0.25) is 4.79 Å². The van der Waals surface area contributed by atoms with E-state index in [2.05, 4.69) is 10.5 Å². The Morgan fingerprint density at radius 2 is 1.93 bits per heavy atom. The van der Waals surface area contributed by atoms with Gasteiger partial charge in [-0.05, 0) is 51.8 Å². The number of aromatic nitrogens is 1. The zero-order valence-electron chi connectivity index (χ0n) is 17.9. The topological polar surface area (TPSA) is 90.7 Å². The zero-order chi connectivity index (χ0) is 21.5. The van der Waals surface area contributed by atoms with Gasteiger partial charge < -0.3 is 19.3 Å². The molecule has 7 heteroatoms. The molecule has 1 aliphatic rings. The molecule has 0 unspecified atom stereocenters. The summed E-state index contributed by atoms with van der Waals surface area (Å²) >= 11 is 0. The molecule has 1 aliphatic carbocycles. The number of amides is 1. The molecule has 0 radical (unpaired) electrons. The van der Waals surface area contributed by atoms with Gasteiger partial charge in [-0.1, -0.05) is 36.9 Å².